The van der Waals surface area contributed by atoms with E-state index >= 15 is 0 Å². The Balaban J connectivity index is 0.000000162. The molecule has 1 aromatic rings. The molecule has 4 nitrogen and oxygen atoms in total. The van der Waals surface area contributed by atoms with Crippen LogP contribution >= 0.6 is 11.9 Å². The lowest BCUT2D eigenvalue weighted by Crippen LogP contribution is -2.09. The van der Waals surface area contributed by atoms with Crippen LogP contribution in [0.1, 0.15) is 10.4 Å². The first-order valence-electron chi connectivity index (χ1n) is 4.24. The Kier molecular flexibility index (Phi) is 5.03. The highest BCUT2D eigenvalue weighted by Gasteiger charge is 1.93. The van der Waals surface area contributed by atoms with Crippen molar-refractivity contribution < 1.29 is 4.79 Å². The van der Waals surface area contributed by atoms with Gasteiger partial charge in [-0.3, -0.25) is 4.79 Å². The minimum Gasteiger partial charge on any atom is -0.366 e. The Morgan fingerprint density at radius 2 is 2.07 bits per heavy atom. The van der Waals surface area contributed by atoms with Crippen molar-refractivity contribution in [2.75, 3.05) is 0 Å². The van der Waals surface area contributed by atoms with Crippen LogP contribution in [0.25, 0.3) is 0 Å². The van der Waals surface area contributed by atoms with E-state index in [1.807, 2.05) is 17.6 Å². The molecule has 1 aliphatic rings. The molecule has 1 amide bonds. The monoisotopic (exact) mass is 221 g/mol. The highest BCUT2D eigenvalue weighted by molar-refractivity contribution is 8.00. The zero-order chi connectivity index (χ0) is 10.9. The van der Waals surface area contributed by atoms with Gasteiger partial charge in [-0.05, 0) is 35.6 Å². The molecule has 2 rings (SSSR count). The third-order valence-electron chi connectivity index (χ3n) is 1.47. The number of carbonyl (C=O) groups is 1. The van der Waals surface area contributed by atoms with Crippen LogP contribution in [-0.2, 0) is 0 Å². The lowest BCUT2D eigenvalue weighted by Gasteiger charge is -1.92. The van der Waals surface area contributed by atoms with Crippen LogP contribution in [0.4, 0.5) is 0 Å². The third kappa shape index (κ3) is 4.87. The Hall–Kier alpha value is -1.75. The Labute approximate surface area is 92.4 Å². The van der Waals surface area contributed by atoms with Crippen LogP contribution in [0.3, 0.4) is 0 Å². The Bertz CT molecular complexity index is 350. The summed E-state index contributed by atoms with van der Waals surface area (Å²) in [6.07, 6.45) is 3.58. The summed E-state index contributed by atoms with van der Waals surface area (Å²) in [7, 11) is 0. The fraction of sp³-hybridized carbons (Fsp3) is 0. The van der Waals surface area contributed by atoms with E-state index in [9.17, 15) is 4.79 Å². The number of amides is 1. The lowest BCUT2D eigenvalue weighted by molar-refractivity contribution is 0.100. The predicted molar refractivity (Wildman–Crippen MR) is 63.3 cm³/mol. The standard InChI is InChI=1S/C7H7NO.C3H4N2S/c8-7(9)6-4-2-1-3-5-6;1-2-4-5-6-3-1/h1-5H,(H2,8,9);1-3,5H. The number of rotatable bonds is 1. The molecule has 0 radical (unpaired) electrons. The number of benzene rings is 1. The number of primary amides is 1. The number of allylic oxidation sites excluding steroid dienone is 1. The summed E-state index contributed by atoms with van der Waals surface area (Å²) in [6.45, 7) is 0. The van der Waals surface area contributed by atoms with Gasteiger partial charge in [0.15, 0.2) is 0 Å². The van der Waals surface area contributed by atoms with Crippen LogP contribution in [0.15, 0.2) is 46.9 Å². The van der Waals surface area contributed by atoms with Crippen molar-refractivity contribution in [2.24, 2.45) is 10.8 Å². The van der Waals surface area contributed by atoms with Gasteiger partial charge in [0.05, 0.1) is 0 Å². The maximum Gasteiger partial charge on any atom is 0.248 e. The highest BCUT2D eigenvalue weighted by Crippen LogP contribution is 1.96. The summed E-state index contributed by atoms with van der Waals surface area (Å²) in [4.78, 5) is 13.1. The molecule has 0 spiro atoms. The van der Waals surface area contributed by atoms with E-state index in [1.54, 1.807) is 30.5 Å². The van der Waals surface area contributed by atoms with Crippen molar-refractivity contribution in [2.45, 2.75) is 0 Å². The van der Waals surface area contributed by atoms with Gasteiger partial charge in [-0.25, -0.2) is 4.83 Å². The average Bonchev–Trinajstić information content (AvgIpc) is 2.33. The summed E-state index contributed by atoms with van der Waals surface area (Å²) in [5, 5.41) is 5.60. The maximum absolute atomic E-state index is 10.4. The van der Waals surface area contributed by atoms with Gasteiger partial charge in [-0.1, -0.05) is 18.2 Å². The minimum atomic E-state index is -0.379. The molecule has 0 fully saturated rings. The third-order valence-corrected chi connectivity index (χ3v) is 1.97. The fourth-order valence-corrected chi connectivity index (χ4v) is 1.14. The SMILES string of the molecule is C1=CSNN=C1.NC(=O)c1ccccc1. The topological polar surface area (TPSA) is 67.5 Å². The van der Waals surface area contributed by atoms with E-state index in [1.165, 1.54) is 11.9 Å². The number of carbonyl (C=O) groups excluding carboxylic acids is 1. The number of nitrogens with one attached hydrogen (secondary N) is 1. The molecule has 0 aliphatic carbocycles. The molecule has 0 saturated carbocycles. The number of nitrogens with two attached hydrogens (primary N) is 1. The Morgan fingerprint density at radius 3 is 2.33 bits per heavy atom. The molecule has 3 N–H and O–H groups in total. The van der Waals surface area contributed by atoms with Gasteiger partial charge in [0.2, 0.25) is 5.91 Å². The van der Waals surface area contributed by atoms with E-state index < -0.39 is 0 Å². The van der Waals surface area contributed by atoms with Crippen molar-refractivity contribution in [1.82, 2.24) is 4.83 Å². The summed E-state index contributed by atoms with van der Waals surface area (Å²) in [5.74, 6) is -0.379. The molecule has 5 heteroatoms. The van der Waals surface area contributed by atoms with Crippen LogP contribution in [0, 0.1) is 0 Å². The molecule has 0 unspecified atom stereocenters. The summed E-state index contributed by atoms with van der Waals surface area (Å²) < 4.78 is 0. The molecule has 0 aromatic heterocycles. The van der Waals surface area contributed by atoms with Crippen LogP contribution in [-0.4, -0.2) is 12.1 Å². The number of hydrazone groups is 1. The molecule has 0 atom stereocenters. The van der Waals surface area contributed by atoms with Crippen LogP contribution in [0.2, 0.25) is 0 Å². The van der Waals surface area contributed by atoms with E-state index in [4.69, 9.17) is 5.73 Å². The number of hydrogen-bond donors (Lipinski definition) is 2. The molecule has 15 heavy (non-hydrogen) atoms. The molecule has 0 bridgehead atoms. The fourth-order valence-electron chi connectivity index (χ4n) is 0.811. The van der Waals surface area contributed by atoms with E-state index in [0.717, 1.165) is 0 Å². The van der Waals surface area contributed by atoms with E-state index in [0.29, 0.717) is 5.56 Å². The van der Waals surface area contributed by atoms with Crippen molar-refractivity contribution in [3.8, 4) is 0 Å². The quantitative estimate of drug-likeness (QED) is 0.706. The second-order valence-corrected chi connectivity index (χ2v) is 3.24. The minimum absolute atomic E-state index is 0.379. The first-order chi connectivity index (χ1) is 7.30. The van der Waals surface area contributed by atoms with Gasteiger partial charge < -0.3 is 5.73 Å². The van der Waals surface area contributed by atoms with Gasteiger partial charge in [-0.2, -0.15) is 5.10 Å². The van der Waals surface area contributed by atoms with Crippen molar-refractivity contribution in [3.05, 3.63) is 47.4 Å². The molecular formula is C10H11N3OS. The van der Waals surface area contributed by atoms with Gasteiger partial charge >= 0.3 is 0 Å². The van der Waals surface area contributed by atoms with Crippen molar-refractivity contribution >= 4 is 24.1 Å². The van der Waals surface area contributed by atoms with Crippen LogP contribution in [0.5, 0.6) is 0 Å². The number of nitrogens with zero attached hydrogens (tertiary/aromatic N) is 1. The van der Waals surface area contributed by atoms with Gasteiger partial charge in [0, 0.05) is 11.8 Å². The molecule has 78 valence electrons. The first kappa shape index (κ1) is 11.3. The molecule has 1 aliphatic heterocycles. The number of hydrogen-bond acceptors (Lipinski definition) is 4. The zero-order valence-corrected chi connectivity index (χ0v) is 8.78. The van der Waals surface area contributed by atoms with Crippen molar-refractivity contribution in [1.29, 1.82) is 0 Å². The normalized spacial score (nSPS) is 12.3. The smallest absolute Gasteiger partial charge is 0.248 e. The molecule has 1 aromatic carbocycles. The summed E-state index contributed by atoms with van der Waals surface area (Å²) in [5.41, 5.74) is 5.53. The summed E-state index contributed by atoms with van der Waals surface area (Å²) >= 11 is 1.47. The Morgan fingerprint density at radius 1 is 1.33 bits per heavy atom. The zero-order valence-electron chi connectivity index (χ0n) is 7.96. The van der Waals surface area contributed by atoms with Crippen molar-refractivity contribution in [3.63, 3.8) is 0 Å². The van der Waals surface area contributed by atoms with E-state index in [-0.39, 0.29) is 5.91 Å². The second kappa shape index (κ2) is 6.67. The predicted octanol–water partition coefficient (Wildman–Crippen LogP) is 1.52. The largest absolute Gasteiger partial charge is 0.366 e. The molecule has 0 saturated heterocycles. The summed E-state index contributed by atoms with van der Waals surface area (Å²) in [6, 6.07) is 8.76. The molecule has 1 heterocycles. The van der Waals surface area contributed by atoms with E-state index in [2.05, 4.69) is 9.93 Å². The maximum atomic E-state index is 10.4. The van der Waals surface area contributed by atoms with Gasteiger partial charge in [0.1, 0.15) is 0 Å². The van der Waals surface area contributed by atoms with Crippen LogP contribution < -0.4 is 10.6 Å². The highest BCUT2D eigenvalue weighted by atomic mass is 32.2. The molecular weight excluding hydrogens is 210 g/mol. The first-order valence-corrected chi connectivity index (χ1v) is 5.12. The second-order valence-electron chi connectivity index (χ2n) is 2.55. The average molecular weight is 221 g/mol. The van der Waals surface area contributed by atoms with Gasteiger partial charge in [0.25, 0.3) is 0 Å². The van der Waals surface area contributed by atoms with Gasteiger partial charge in [-0.15, -0.1) is 0 Å². The lowest BCUT2D eigenvalue weighted by atomic mass is 10.2.